The highest BCUT2D eigenvalue weighted by Gasteiger charge is 2.30. The van der Waals surface area contributed by atoms with E-state index in [1.54, 1.807) is 6.92 Å². The number of aliphatic carboxylic acids is 1. The summed E-state index contributed by atoms with van der Waals surface area (Å²) in [6.07, 6.45) is -0.284. The number of phenolic OH excluding ortho intramolecular Hbond substituents is 1. The minimum atomic E-state index is -1.20. The molecule has 1 heterocycles. The van der Waals surface area contributed by atoms with Gasteiger partial charge < -0.3 is 25.6 Å². The van der Waals surface area contributed by atoms with Crippen LogP contribution in [0.5, 0.6) is 5.75 Å². The summed E-state index contributed by atoms with van der Waals surface area (Å²) in [4.78, 5) is 34.3. The topological polar surface area (TPSA) is 137 Å². The molecule has 0 aliphatic carbocycles. The van der Waals surface area contributed by atoms with Crippen molar-refractivity contribution in [1.82, 2.24) is 5.32 Å². The molecule has 0 saturated carbocycles. The van der Waals surface area contributed by atoms with Gasteiger partial charge in [-0.3, -0.25) is 14.9 Å². The first kappa shape index (κ1) is 18.5. The number of aryl methyl sites for hydroxylation is 1. The predicted molar refractivity (Wildman–Crippen MR) is 92.6 cm³/mol. The van der Waals surface area contributed by atoms with Gasteiger partial charge in [-0.05, 0) is 43.6 Å². The van der Waals surface area contributed by atoms with Gasteiger partial charge in [-0.1, -0.05) is 0 Å². The molecule has 5 N–H and O–H groups in total. The molecule has 1 aliphatic heterocycles. The lowest BCUT2D eigenvalue weighted by Gasteiger charge is -2.14. The van der Waals surface area contributed by atoms with E-state index in [1.165, 1.54) is 12.1 Å². The van der Waals surface area contributed by atoms with E-state index in [4.69, 9.17) is 22.1 Å². The van der Waals surface area contributed by atoms with E-state index >= 15 is 0 Å². The second-order valence-electron chi connectivity index (χ2n) is 5.24. The molecule has 2 rings (SSSR count). The third-order valence-electron chi connectivity index (χ3n) is 3.54. The zero-order valence-corrected chi connectivity index (χ0v) is 14.1. The first-order valence-electron chi connectivity index (χ1n) is 7.46. The lowest BCUT2D eigenvalue weighted by atomic mass is 10.0. The number of thiocarbonyl (C=S) groups is 1. The van der Waals surface area contributed by atoms with Gasteiger partial charge in [-0.15, -0.1) is 0 Å². The number of hydrogen-bond acceptors (Lipinski definition) is 6. The second-order valence-corrected chi connectivity index (χ2v) is 5.65. The Morgan fingerprint density at radius 3 is 2.80 bits per heavy atom. The molecule has 134 valence electrons. The molecule has 0 saturated heterocycles. The highest BCUT2D eigenvalue weighted by atomic mass is 32.1. The van der Waals surface area contributed by atoms with Crippen molar-refractivity contribution in [3.63, 3.8) is 0 Å². The van der Waals surface area contributed by atoms with Crippen molar-refractivity contribution in [2.24, 2.45) is 5.92 Å². The number of carbonyl (C=O) groups is 3. The Balaban J connectivity index is 2.16. The molecule has 1 unspecified atom stereocenters. The van der Waals surface area contributed by atoms with Crippen LogP contribution in [-0.4, -0.2) is 39.9 Å². The van der Waals surface area contributed by atoms with E-state index in [0.29, 0.717) is 17.7 Å². The van der Waals surface area contributed by atoms with Crippen LogP contribution >= 0.6 is 12.2 Å². The van der Waals surface area contributed by atoms with Gasteiger partial charge in [0.2, 0.25) is 5.91 Å². The Hall–Kier alpha value is -2.88. The maximum absolute atomic E-state index is 11.9. The molecular weight excluding hydrogens is 350 g/mol. The fourth-order valence-corrected chi connectivity index (χ4v) is 2.55. The average molecular weight is 367 g/mol. The molecule has 0 bridgehead atoms. The minimum Gasteiger partial charge on any atom is -0.506 e. The van der Waals surface area contributed by atoms with Gasteiger partial charge in [0.05, 0.1) is 12.3 Å². The van der Waals surface area contributed by atoms with Crippen LogP contribution in [0, 0.1) is 5.92 Å². The van der Waals surface area contributed by atoms with E-state index in [-0.39, 0.29) is 29.6 Å². The minimum absolute atomic E-state index is 0.0743. The van der Waals surface area contributed by atoms with Crippen molar-refractivity contribution >= 4 is 46.7 Å². The van der Waals surface area contributed by atoms with Crippen molar-refractivity contribution < 1.29 is 29.3 Å². The van der Waals surface area contributed by atoms with Crippen LogP contribution in [0.25, 0.3) is 0 Å². The summed E-state index contributed by atoms with van der Waals surface area (Å²) in [5.74, 6) is -3.21. The normalized spacial score (nSPS) is 16.0. The number of benzene rings is 1. The Morgan fingerprint density at radius 2 is 2.16 bits per heavy atom. The van der Waals surface area contributed by atoms with Gasteiger partial charge in [-0.25, -0.2) is 4.79 Å². The van der Waals surface area contributed by atoms with Gasteiger partial charge in [-0.2, -0.15) is 0 Å². The Labute approximate surface area is 148 Å². The van der Waals surface area contributed by atoms with E-state index in [1.807, 2.05) is 0 Å². The highest BCUT2D eigenvalue weighted by molar-refractivity contribution is 7.80. The number of amides is 2. The van der Waals surface area contributed by atoms with Crippen LogP contribution in [0.1, 0.15) is 18.9 Å². The number of alkyl carbamates (subject to hydrolysis) is 1. The average Bonchev–Trinajstić information content (AvgIpc) is 2.66. The molecule has 1 atom stereocenters. The fourth-order valence-electron chi connectivity index (χ4n) is 2.36. The van der Waals surface area contributed by atoms with Crippen molar-refractivity contribution in [3.8, 4) is 5.75 Å². The zero-order chi connectivity index (χ0) is 18.6. The van der Waals surface area contributed by atoms with Crippen molar-refractivity contribution in [3.05, 3.63) is 17.7 Å². The Kier molecular flexibility index (Phi) is 5.75. The van der Waals surface area contributed by atoms with E-state index in [9.17, 15) is 19.5 Å². The lowest BCUT2D eigenvalue weighted by molar-refractivity contribution is -0.145. The highest BCUT2D eigenvalue weighted by Crippen LogP contribution is 2.34. The van der Waals surface area contributed by atoms with E-state index in [0.717, 1.165) is 0 Å². The Bertz CT molecular complexity index is 736. The summed E-state index contributed by atoms with van der Waals surface area (Å²) < 4.78 is 4.69. The lowest BCUT2D eigenvalue weighted by Crippen LogP contribution is -2.34. The molecule has 10 heteroatoms. The van der Waals surface area contributed by atoms with Crippen molar-refractivity contribution in [2.45, 2.75) is 19.8 Å². The fraction of sp³-hybridized carbons (Fsp3) is 0.333. The summed E-state index contributed by atoms with van der Waals surface area (Å²) in [6, 6.07) is 2.83. The standard InChI is InChI=1S/C15H17N3O6S/c1-2-24-15(23)18-14(25)17-10-5-7-3-4-8(13(21)22)12(20)16-9(7)6-11(10)19/h5-6,8,19H,2-4H2,1H3,(H,16,20)(H,21,22)(H2,17,18,23,25). The Morgan fingerprint density at radius 1 is 1.44 bits per heavy atom. The molecule has 0 fully saturated rings. The smallest absolute Gasteiger partial charge is 0.413 e. The number of carboxylic acid groups (broad SMARTS) is 1. The number of aromatic hydroxyl groups is 1. The van der Waals surface area contributed by atoms with Gasteiger partial charge in [0.1, 0.15) is 11.7 Å². The van der Waals surface area contributed by atoms with Crippen LogP contribution in [-0.2, 0) is 20.7 Å². The van der Waals surface area contributed by atoms with Gasteiger partial charge in [0, 0.05) is 11.8 Å². The number of ether oxygens (including phenoxy) is 1. The first-order chi connectivity index (χ1) is 11.8. The van der Waals surface area contributed by atoms with E-state index in [2.05, 4.69) is 16.0 Å². The summed E-state index contributed by atoms with van der Waals surface area (Å²) in [5, 5.41) is 26.5. The number of nitrogens with one attached hydrogen (secondary N) is 3. The monoisotopic (exact) mass is 367 g/mol. The molecule has 1 aliphatic rings. The molecule has 1 aromatic rings. The van der Waals surface area contributed by atoms with Crippen LogP contribution in [0.3, 0.4) is 0 Å². The predicted octanol–water partition coefficient (Wildman–Crippen LogP) is 1.42. The molecule has 0 spiro atoms. The summed E-state index contributed by atoms with van der Waals surface area (Å²) in [7, 11) is 0. The van der Waals surface area contributed by atoms with E-state index < -0.39 is 23.9 Å². The molecule has 2 amide bonds. The quantitative estimate of drug-likeness (QED) is 0.307. The maximum atomic E-state index is 11.9. The van der Waals surface area contributed by atoms with Crippen LogP contribution in [0.2, 0.25) is 0 Å². The number of fused-ring (bicyclic) bond motifs is 1. The van der Waals surface area contributed by atoms with Crippen LogP contribution in [0.15, 0.2) is 12.1 Å². The number of anilines is 2. The van der Waals surface area contributed by atoms with Crippen LogP contribution < -0.4 is 16.0 Å². The summed E-state index contributed by atoms with van der Waals surface area (Å²) in [5.41, 5.74) is 1.18. The number of carboxylic acids is 1. The third kappa shape index (κ3) is 4.57. The number of hydrogen-bond donors (Lipinski definition) is 5. The van der Waals surface area contributed by atoms with Crippen molar-refractivity contribution in [2.75, 3.05) is 17.2 Å². The SMILES string of the molecule is CCOC(=O)NC(=S)Nc1cc2c(cc1O)NC(=O)C(C(=O)O)CC2. The summed E-state index contributed by atoms with van der Waals surface area (Å²) in [6.45, 7) is 1.83. The number of rotatable bonds is 3. The second kappa shape index (κ2) is 7.79. The molecule has 25 heavy (non-hydrogen) atoms. The van der Waals surface area contributed by atoms with Gasteiger partial charge >= 0.3 is 12.1 Å². The zero-order valence-electron chi connectivity index (χ0n) is 13.3. The molecule has 1 aromatic carbocycles. The van der Waals surface area contributed by atoms with Crippen molar-refractivity contribution in [1.29, 1.82) is 0 Å². The third-order valence-corrected chi connectivity index (χ3v) is 3.74. The molecule has 9 nitrogen and oxygen atoms in total. The summed E-state index contributed by atoms with van der Waals surface area (Å²) >= 11 is 4.96. The van der Waals surface area contributed by atoms with Gasteiger partial charge in [0.15, 0.2) is 5.11 Å². The maximum Gasteiger partial charge on any atom is 0.413 e. The molecule has 0 aromatic heterocycles. The largest absolute Gasteiger partial charge is 0.506 e. The van der Waals surface area contributed by atoms with Crippen LogP contribution in [0.4, 0.5) is 16.2 Å². The molecule has 0 radical (unpaired) electrons. The molecular formula is C15H17N3O6S. The van der Waals surface area contributed by atoms with Gasteiger partial charge in [0.25, 0.3) is 0 Å². The first-order valence-corrected chi connectivity index (χ1v) is 7.87. The number of carbonyl (C=O) groups excluding carboxylic acids is 2. The number of phenols is 1.